The van der Waals surface area contributed by atoms with Crippen LogP contribution in [0.4, 0.5) is 4.79 Å². The van der Waals surface area contributed by atoms with Crippen molar-refractivity contribution >= 4 is 30.0 Å². The topological polar surface area (TPSA) is 229 Å². The molecule has 1 fully saturated rings. The fourth-order valence-electron chi connectivity index (χ4n) is 5.89. The van der Waals surface area contributed by atoms with Crippen molar-refractivity contribution in [1.29, 1.82) is 0 Å². The van der Waals surface area contributed by atoms with Gasteiger partial charge in [0.05, 0.1) is 26.4 Å². The van der Waals surface area contributed by atoms with E-state index in [2.05, 4.69) is 15.3 Å². The van der Waals surface area contributed by atoms with E-state index in [1.165, 1.54) is 7.11 Å². The highest BCUT2D eigenvalue weighted by atomic mass is 16.7. The summed E-state index contributed by atoms with van der Waals surface area (Å²) in [6.45, 7) is 2.55. The Morgan fingerprint density at radius 2 is 1.43 bits per heavy atom. The molecule has 0 unspecified atom stereocenters. The maximum absolute atomic E-state index is 13.3. The molecule has 1 N–H and O–H groups in total. The van der Waals surface area contributed by atoms with Crippen LogP contribution in [-0.2, 0) is 61.8 Å². The third-order valence-corrected chi connectivity index (χ3v) is 8.11. The standard InChI is InChI=1S/C35H42N4O14/c1-20(40)48-19-29-31(51-21(2)41)32(52-22(3)42)30(38-39-36)34(53-29)49-18-28(33(43)47-16-15-46-14-13-45-4)37-35(44)50-17-27-25-11-7-5-9-23(25)24-10-6-8-12-26(24)27/h5-12,27-32,34H,13-19H2,1-4H3,(H,37,44)/t28-,29+,30+,31-,32+,34-/m0/s1. The highest BCUT2D eigenvalue weighted by Crippen LogP contribution is 2.44. The van der Waals surface area contributed by atoms with Crippen LogP contribution in [0.15, 0.2) is 53.6 Å². The van der Waals surface area contributed by atoms with E-state index in [0.717, 1.165) is 43.0 Å². The van der Waals surface area contributed by atoms with Crippen LogP contribution in [0.3, 0.4) is 0 Å². The van der Waals surface area contributed by atoms with E-state index in [0.29, 0.717) is 6.61 Å². The number of ether oxygens (including phenoxy) is 9. The number of amides is 1. The van der Waals surface area contributed by atoms with E-state index < -0.39 is 79.9 Å². The van der Waals surface area contributed by atoms with Crippen LogP contribution in [0.1, 0.15) is 37.8 Å². The molecule has 286 valence electrons. The van der Waals surface area contributed by atoms with Crippen LogP contribution in [0.25, 0.3) is 21.6 Å². The van der Waals surface area contributed by atoms with Crippen molar-refractivity contribution in [3.63, 3.8) is 0 Å². The quantitative estimate of drug-likeness (QED) is 0.0578. The van der Waals surface area contributed by atoms with Gasteiger partial charge in [0.2, 0.25) is 0 Å². The Morgan fingerprint density at radius 1 is 0.811 bits per heavy atom. The highest BCUT2D eigenvalue weighted by Gasteiger charge is 2.51. The molecule has 2 aliphatic rings. The van der Waals surface area contributed by atoms with Gasteiger partial charge >= 0.3 is 30.0 Å². The summed E-state index contributed by atoms with van der Waals surface area (Å²) in [5, 5.41) is 6.13. The highest BCUT2D eigenvalue weighted by molar-refractivity contribution is 5.82. The molecule has 0 bridgehead atoms. The molecule has 6 atom stereocenters. The first kappa shape index (κ1) is 40.5. The number of esters is 4. The van der Waals surface area contributed by atoms with Gasteiger partial charge < -0.3 is 47.9 Å². The molecule has 18 nitrogen and oxygen atoms in total. The number of rotatable bonds is 18. The fraction of sp³-hybridized carbons (Fsp3) is 0.514. The van der Waals surface area contributed by atoms with Crippen LogP contribution in [-0.4, -0.2) is 120 Å². The maximum Gasteiger partial charge on any atom is 0.407 e. The average molecular weight is 743 g/mol. The molecule has 1 aliphatic carbocycles. The summed E-state index contributed by atoms with van der Waals surface area (Å²) in [5.74, 6) is -3.53. The Labute approximate surface area is 304 Å². The van der Waals surface area contributed by atoms with Gasteiger partial charge in [-0.05, 0) is 27.8 Å². The molecule has 4 rings (SSSR count). The molecule has 0 spiro atoms. The third kappa shape index (κ3) is 11.4. The number of fused-ring (bicyclic) bond motifs is 3. The number of nitrogens with one attached hydrogen (secondary N) is 1. The molecule has 18 heteroatoms. The molecule has 1 amide bonds. The first-order chi connectivity index (χ1) is 25.5. The van der Waals surface area contributed by atoms with E-state index in [4.69, 9.17) is 42.6 Å². The van der Waals surface area contributed by atoms with Crippen LogP contribution >= 0.6 is 0 Å². The van der Waals surface area contributed by atoms with Crippen molar-refractivity contribution in [2.45, 2.75) is 63.4 Å². The average Bonchev–Trinajstić information content (AvgIpc) is 3.44. The minimum absolute atomic E-state index is 0.0255. The second kappa shape index (κ2) is 20.1. The van der Waals surface area contributed by atoms with Gasteiger partial charge in [0.1, 0.15) is 32.0 Å². The molecule has 1 saturated heterocycles. The number of benzene rings is 2. The summed E-state index contributed by atoms with van der Waals surface area (Å²) >= 11 is 0. The van der Waals surface area contributed by atoms with E-state index in [-0.39, 0.29) is 32.3 Å². The zero-order valence-electron chi connectivity index (χ0n) is 29.7. The number of hydrogen-bond acceptors (Lipinski definition) is 15. The van der Waals surface area contributed by atoms with Gasteiger partial charge in [0.15, 0.2) is 24.5 Å². The molecular formula is C35H42N4O14. The zero-order chi connectivity index (χ0) is 38.3. The van der Waals surface area contributed by atoms with Crippen molar-refractivity contribution in [1.82, 2.24) is 5.32 Å². The molecule has 0 aromatic heterocycles. The van der Waals surface area contributed by atoms with Crippen LogP contribution in [0.5, 0.6) is 0 Å². The smallest absolute Gasteiger partial charge is 0.407 e. The van der Waals surface area contributed by atoms with Gasteiger partial charge in [0, 0.05) is 38.7 Å². The lowest BCUT2D eigenvalue weighted by atomic mass is 9.96. The van der Waals surface area contributed by atoms with E-state index in [1.54, 1.807) is 0 Å². The molecule has 1 aliphatic heterocycles. The van der Waals surface area contributed by atoms with Crippen LogP contribution in [0.2, 0.25) is 0 Å². The largest absolute Gasteiger partial charge is 0.463 e. The van der Waals surface area contributed by atoms with Gasteiger partial charge in [0.25, 0.3) is 0 Å². The Kier molecular flexibility index (Phi) is 15.4. The van der Waals surface area contributed by atoms with Crippen LogP contribution < -0.4 is 5.32 Å². The SMILES string of the molecule is COCCOCCOC(=O)[C@H](CO[C@H]1O[C@H](COC(C)=O)[C@H](OC(C)=O)[C@H](OC(C)=O)[C@H]1N=[N+]=[N-])NC(=O)OCC1c2ccccc2-c2ccccc21. The Balaban J connectivity index is 1.52. The number of hydrogen-bond donors (Lipinski definition) is 1. The summed E-state index contributed by atoms with van der Waals surface area (Å²) in [6.07, 6.45) is -6.71. The molecule has 2 aromatic carbocycles. The molecule has 1 heterocycles. The van der Waals surface area contributed by atoms with Crippen molar-refractivity contribution in [2.75, 3.05) is 53.4 Å². The summed E-state index contributed by atoms with van der Waals surface area (Å²) in [7, 11) is 1.51. The van der Waals surface area contributed by atoms with Crippen molar-refractivity contribution < 1.29 is 66.6 Å². The number of azide groups is 1. The van der Waals surface area contributed by atoms with Crippen molar-refractivity contribution in [2.24, 2.45) is 5.11 Å². The number of methoxy groups -OCH3 is 1. The summed E-state index contributed by atoms with van der Waals surface area (Å²) < 4.78 is 48.8. The minimum atomic E-state index is -1.58. The van der Waals surface area contributed by atoms with Crippen molar-refractivity contribution in [3.8, 4) is 11.1 Å². The van der Waals surface area contributed by atoms with Gasteiger partial charge in [-0.15, -0.1) is 0 Å². The second-order valence-electron chi connectivity index (χ2n) is 11.8. The van der Waals surface area contributed by atoms with E-state index in [1.807, 2.05) is 48.5 Å². The molecule has 53 heavy (non-hydrogen) atoms. The number of carbonyl (C=O) groups excluding carboxylic acids is 5. The number of alkyl carbamates (subject to hydrolysis) is 1. The Bertz CT molecular complexity index is 1600. The predicted octanol–water partition coefficient (Wildman–Crippen LogP) is 2.95. The predicted molar refractivity (Wildman–Crippen MR) is 181 cm³/mol. The zero-order valence-corrected chi connectivity index (χ0v) is 29.7. The number of carbonyl (C=O) groups is 5. The maximum atomic E-state index is 13.3. The summed E-state index contributed by atoms with van der Waals surface area (Å²) in [6, 6.07) is 12.5. The van der Waals surface area contributed by atoms with Gasteiger partial charge in [-0.3, -0.25) is 14.4 Å². The first-order valence-corrected chi connectivity index (χ1v) is 16.7. The molecule has 2 aromatic rings. The fourth-order valence-corrected chi connectivity index (χ4v) is 5.89. The van der Waals surface area contributed by atoms with Crippen LogP contribution in [0, 0.1) is 0 Å². The third-order valence-electron chi connectivity index (χ3n) is 8.11. The minimum Gasteiger partial charge on any atom is -0.463 e. The van der Waals surface area contributed by atoms with Gasteiger partial charge in [-0.1, -0.05) is 53.6 Å². The summed E-state index contributed by atoms with van der Waals surface area (Å²) in [5.41, 5.74) is 13.4. The first-order valence-electron chi connectivity index (χ1n) is 16.7. The van der Waals surface area contributed by atoms with Crippen molar-refractivity contribution in [3.05, 3.63) is 70.1 Å². The van der Waals surface area contributed by atoms with Gasteiger partial charge in [-0.2, -0.15) is 0 Å². The number of nitrogens with zero attached hydrogens (tertiary/aromatic N) is 3. The molecule has 0 saturated carbocycles. The lowest BCUT2D eigenvalue weighted by molar-refractivity contribution is -0.274. The Morgan fingerprint density at radius 3 is 2.04 bits per heavy atom. The lowest BCUT2D eigenvalue weighted by Gasteiger charge is -2.43. The lowest BCUT2D eigenvalue weighted by Crippen LogP contribution is -2.61. The molecular weight excluding hydrogens is 700 g/mol. The van der Waals surface area contributed by atoms with E-state index >= 15 is 0 Å². The molecule has 0 radical (unpaired) electrons. The Hall–Kier alpha value is -5.26. The van der Waals surface area contributed by atoms with E-state index in [9.17, 15) is 29.5 Å². The van der Waals surface area contributed by atoms with Gasteiger partial charge in [-0.25, -0.2) is 9.59 Å². The summed E-state index contributed by atoms with van der Waals surface area (Å²) in [4.78, 5) is 65.1. The normalized spacial score (nSPS) is 20.8. The second-order valence-corrected chi connectivity index (χ2v) is 11.8. The monoisotopic (exact) mass is 742 g/mol.